The number of nitrogens with one attached hydrogen (secondary N) is 2. The number of benzene rings is 2. The highest BCUT2D eigenvalue weighted by Crippen LogP contribution is 2.44. The zero-order valence-electron chi connectivity index (χ0n) is 33.0. The van der Waals surface area contributed by atoms with Crippen LogP contribution in [-0.2, 0) is 12.8 Å². The summed E-state index contributed by atoms with van der Waals surface area (Å²) in [6, 6.07) is 10.8. The van der Waals surface area contributed by atoms with Crippen molar-refractivity contribution in [3.8, 4) is 11.5 Å². The first-order chi connectivity index (χ1) is 28.9. The molecule has 4 aliphatic rings. The third-order valence-corrected chi connectivity index (χ3v) is 11.4. The van der Waals surface area contributed by atoms with Gasteiger partial charge in [-0.1, -0.05) is 0 Å². The Morgan fingerprint density at radius 3 is 1.55 bits per heavy atom. The molecule has 4 N–H and O–H groups in total. The summed E-state index contributed by atoms with van der Waals surface area (Å²) in [5.41, 5.74) is 4.54. The summed E-state index contributed by atoms with van der Waals surface area (Å²) < 4.78 is 42.8. The Morgan fingerprint density at radius 2 is 1.17 bits per heavy atom. The van der Waals surface area contributed by atoms with Crippen molar-refractivity contribution in [1.82, 2.24) is 29.2 Å². The molecule has 10 rings (SSSR count). The number of hydrogen-bond acceptors (Lipinski definition) is 12. The van der Waals surface area contributed by atoms with Gasteiger partial charge in [0.15, 0.2) is 11.3 Å². The minimum Gasteiger partial charge on any atom is -0.484 e. The topological polar surface area (TPSA) is 184 Å². The lowest BCUT2D eigenvalue weighted by Crippen LogP contribution is -2.34. The van der Waals surface area contributed by atoms with Crippen LogP contribution in [0.3, 0.4) is 0 Å². The van der Waals surface area contributed by atoms with Crippen LogP contribution in [0.4, 0.5) is 31.5 Å². The number of carbonyl (C=O) groups excluding carboxylic acids is 2. The standard InChI is InChI=1S/2C21H22FN5O3/c2*1-21(12-28)9-13-7-16(17(8-18(13)30-21)26-6-3-14(22)11-26)25-20(29)15-10-24-27-5-2-4-23-19(15)27/h2*2,4-5,7-8,10,14,28H,3,6,9,11-12H2,1H3,(H,25,29)/t14-,21+;14-,21-/m11/s1. The zero-order chi connectivity index (χ0) is 41.8. The minimum atomic E-state index is -0.908. The molecule has 2 saturated heterocycles. The number of fused-ring (bicyclic) bond motifs is 4. The summed E-state index contributed by atoms with van der Waals surface area (Å²) in [6.07, 6.45) is 9.71. The quantitative estimate of drug-likeness (QED) is 0.170. The molecule has 4 aliphatic heterocycles. The van der Waals surface area contributed by atoms with E-state index >= 15 is 0 Å². The molecule has 0 bridgehead atoms. The first-order valence-electron chi connectivity index (χ1n) is 19.8. The minimum absolute atomic E-state index is 0.122. The van der Waals surface area contributed by atoms with Crippen molar-refractivity contribution in [2.75, 3.05) is 59.8 Å². The lowest BCUT2D eigenvalue weighted by molar-refractivity contribution is 0.0446. The van der Waals surface area contributed by atoms with Crippen LogP contribution in [0.1, 0.15) is 58.5 Å². The normalized spacial score (nSPS) is 22.9. The van der Waals surface area contributed by atoms with E-state index in [1.54, 1.807) is 36.9 Å². The summed E-state index contributed by atoms with van der Waals surface area (Å²) in [4.78, 5) is 38.4. The predicted octanol–water partition coefficient (Wildman–Crippen LogP) is 4.43. The van der Waals surface area contributed by atoms with Crippen LogP contribution in [0.2, 0.25) is 0 Å². The highest BCUT2D eigenvalue weighted by Gasteiger charge is 2.38. The molecule has 0 saturated carbocycles. The lowest BCUT2D eigenvalue weighted by Gasteiger charge is -2.23. The summed E-state index contributed by atoms with van der Waals surface area (Å²) in [5.74, 6) is 0.619. The number of aliphatic hydroxyl groups excluding tert-OH is 2. The first kappa shape index (κ1) is 39.1. The molecule has 8 heterocycles. The van der Waals surface area contributed by atoms with Crippen molar-refractivity contribution >= 4 is 45.9 Å². The van der Waals surface area contributed by atoms with Gasteiger partial charge in [-0.2, -0.15) is 10.2 Å². The van der Waals surface area contributed by atoms with E-state index in [9.17, 15) is 28.6 Å². The number of ether oxygens (including phenoxy) is 2. The number of anilines is 4. The molecule has 60 heavy (non-hydrogen) atoms. The molecule has 16 nitrogen and oxygen atoms in total. The van der Waals surface area contributed by atoms with Crippen molar-refractivity contribution in [1.29, 1.82) is 0 Å². The van der Waals surface area contributed by atoms with Crippen molar-refractivity contribution in [2.24, 2.45) is 0 Å². The molecule has 6 aromatic rings. The molecule has 2 aromatic carbocycles. The number of nitrogens with zero attached hydrogens (tertiary/aromatic N) is 8. The van der Waals surface area contributed by atoms with E-state index in [4.69, 9.17) is 9.47 Å². The fourth-order valence-corrected chi connectivity index (χ4v) is 8.23. The molecule has 0 radical (unpaired) electrons. The highest BCUT2D eigenvalue weighted by atomic mass is 19.1. The third kappa shape index (κ3) is 7.40. The van der Waals surface area contributed by atoms with E-state index in [1.165, 1.54) is 21.4 Å². The van der Waals surface area contributed by atoms with Crippen LogP contribution >= 0.6 is 0 Å². The molecule has 0 spiro atoms. The van der Waals surface area contributed by atoms with Crippen LogP contribution in [0.15, 0.2) is 73.6 Å². The maximum Gasteiger partial charge on any atom is 0.261 e. The second-order valence-electron chi connectivity index (χ2n) is 16.2. The third-order valence-electron chi connectivity index (χ3n) is 11.4. The van der Waals surface area contributed by atoms with Gasteiger partial charge < -0.3 is 40.1 Å². The van der Waals surface area contributed by atoms with Crippen LogP contribution < -0.4 is 29.9 Å². The van der Waals surface area contributed by atoms with Gasteiger partial charge in [-0.25, -0.2) is 27.8 Å². The van der Waals surface area contributed by atoms with Gasteiger partial charge in [-0.05, 0) is 51.0 Å². The second-order valence-corrected chi connectivity index (χ2v) is 16.2. The Hall–Kier alpha value is -6.40. The number of rotatable bonds is 8. The van der Waals surface area contributed by atoms with Crippen molar-refractivity contribution in [3.63, 3.8) is 0 Å². The molecule has 18 heteroatoms. The van der Waals surface area contributed by atoms with E-state index in [0.29, 0.717) is 95.4 Å². The molecule has 0 unspecified atom stereocenters. The molecule has 4 atom stereocenters. The number of aromatic nitrogens is 6. The number of hydrogen-bond donors (Lipinski definition) is 4. The fourth-order valence-electron chi connectivity index (χ4n) is 8.23. The monoisotopic (exact) mass is 822 g/mol. The van der Waals surface area contributed by atoms with Crippen molar-refractivity contribution in [3.05, 3.63) is 95.8 Å². The van der Waals surface area contributed by atoms with Gasteiger partial charge in [-0.3, -0.25) is 9.59 Å². The van der Waals surface area contributed by atoms with E-state index in [1.807, 2.05) is 47.9 Å². The van der Waals surface area contributed by atoms with Crippen molar-refractivity contribution < 1.29 is 38.1 Å². The van der Waals surface area contributed by atoms with Gasteiger partial charge in [-0.15, -0.1) is 0 Å². The number of amides is 2. The second kappa shape index (κ2) is 15.3. The summed E-state index contributed by atoms with van der Waals surface area (Å²) >= 11 is 0. The van der Waals surface area contributed by atoms with Gasteiger partial charge in [0.2, 0.25) is 0 Å². The van der Waals surface area contributed by atoms with Crippen molar-refractivity contribution in [2.45, 2.75) is 63.1 Å². The van der Waals surface area contributed by atoms with Crippen LogP contribution in [0, 0.1) is 0 Å². The molecule has 312 valence electrons. The van der Waals surface area contributed by atoms with E-state index in [-0.39, 0.29) is 38.1 Å². The Labute approximate surface area is 342 Å². The van der Waals surface area contributed by atoms with E-state index in [2.05, 4.69) is 30.8 Å². The number of halogens is 2. The summed E-state index contributed by atoms with van der Waals surface area (Å²) in [5, 5.41) is 33.6. The molecule has 0 aliphatic carbocycles. The summed E-state index contributed by atoms with van der Waals surface area (Å²) in [7, 11) is 0. The largest absolute Gasteiger partial charge is 0.484 e. The Kier molecular flexibility index (Phi) is 9.98. The van der Waals surface area contributed by atoms with Gasteiger partial charge >= 0.3 is 0 Å². The van der Waals surface area contributed by atoms with Crippen LogP contribution in [0.5, 0.6) is 11.5 Å². The SMILES string of the molecule is C[C@@]1(CO)Cc2cc(NC(=O)c3cnn4cccnc34)c(N3CC[C@@H](F)C3)cc2O1.C[C@]1(CO)Cc2cc(NC(=O)c3cnn4cccnc34)c(N3CC[C@@H](F)C3)cc2O1. The van der Waals surface area contributed by atoms with Gasteiger partial charge in [0.05, 0.1) is 48.4 Å². The van der Waals surface area contributed by atoms with E-state index < -0.39 is 23.5 Å². The number of alkyl halides is 2. The Bertz CT molecular complexity index is 2440. The Balaban J connectivity index is 0.000000154. The van der Waals surface area contributed by atoms with Gasteiger partial charge in [0.1, 0.15) is 46.2 Å². The molecule has 4 aromatic heterocycles. The molecule has 2 fully saturated rings. The summed E-state index contributed by atoms with van der Waals surface area (Å²) in [6.45, 7) is 5.06. The van der Waals surface area contributed by atoms with Gasteiger partial charge in [0, 0.05) is 87.1 Å². The van der Waals surface area contributed by atoms with Crippen LogP contribution in [0.25, 0.3) is 11.3 Å². The number of carbonyl (C=O) groups is 2. The smallest absolute Gasteiger partial charge is 0.261 e. The van der Waals surface area contributed by atoms with Gasteiger partial charge in [0.25, 0.3) is 11.8 Å². The van der Waals surface area contributed by atoms with E-state index in [0.717, 1.165) is 11.1 Å². The van der Waals surface area contributed by atoms with Crippen LogP contribution in [-0.4, -0.2) is 114 Å². The average Bonchev–Trinajstić information content (AvgIpc) is 4.10. The maximum absolute atomic E-state index is 13.9. The average molecular weight is 823 g/mol. The molecular weight excluding hydrogens is 779 g/mol. The lowest BCUT2D eigenvalue weighted by atomic mass is 9.99. The highest BCUT2D eigenvalue weighted by molar-refractivity contribution is 6.10. The maximum atomic E-state index is 13.9. The number of aliphatic hydroxyl groups is 2. The first-order valence-corrected chi connectivity index (χ1v) is 19.8. The fraction of sp³-hybridized carbons (Fsp3) is 0.381. The zero-order valence-corrected chi connectivity index (χ0v) is 33.0. The Morgan fingerprint density at radius 1 is 0.733 bits per heavy atom. The molecule has 2 amide bonds. The molecular formula is C42H44F2N10O6. The predicted molar refractivity (Wildman–Crippen MR) is 218 cm³/mol.